The molecule has 31 heavy (non-hydrogen) atoms. The quantitative estimate of drug-likeness (QED) is 0.197. The van der Waals surface area contributed by atoms with E-state index in [0.29, 0.717) is 0 Å². The largest absolute Gasteiger partial charge is 0.316 e. The normalized spacial score (nSPS) is 10.4. The number of hydrazine groups is 1. The average molecular weight is 423 g/mol. The molecule has 0 saturated heterocycles. The van der Waals surface area contributed by atoms with E-state index in [9.17, 15) is 35.1 Å². The lowest BCUT2D eigenvalue weighted by molar-refractivity contribution is -0.400. The first-order valence-corrected chi connectivity index (χ1v) is 8.56. The predicted molar refractivity (Wildman–Crippen MR) is 110 cm³/mol. The number of hydrogen-bond acceptors (Lipinski definition) is 8. The summed E-state index contributed by atoms with van der Waals surface area (Å²) >= 11 is 0. The highest BCUT2D eigenvalue weighted by molar-refractivity contribution is 6.06. The smallest absolute Gasteiger partial charge is 0.277 e. The molecule has 0 aliphatic carbocycles. The number of nitrogens with two attached hydrogens (primary N) is 1. The standard InChI is InChI=1S/C19H13N5O7/c20-21(11-25)19-17(23(28)29)14(12-7-3-1-4-8-12)16(22(26)27)15(18(19)24(30)31)13-9-5-2-6-10-13/h1-11H,20H2. The Balaban J connectivity index is 2.72. The number of rotatable bonds is 7. The molecule has 3 rings (SSSR count). The molecule has 0 radical (unpaired) electrons. The molecule has 3 aromatic carbocycles. The highest BCUT2D eigenvalue weighted by Crippen LogP contribution is 2.55. The van der Waals surface area contributed by atoms with E-state index >= 15 is 0 Å². The minimum atomic E-state index is -1.03. The van der Waals surface area contributed by atoms with Crippen LogP contribution in [-0.2, 0) is 4.79 Å². The summed E-state index contributed by atoms with van der Waals surface area (Å²) in [6.07, 6.45) is -0.0509. The van der Waals surface area contributed by atoms with E-state index in [1.165, 1.54) is 48.5 Å². The van der Waals surface area contributed by atoms with Gasteiger partial charge < -0.3 is 0 Å². The SMILES string of the molecule is NN(C=O)c1c([N+](=O)[O-])c(-c2ccccc2)c([N+](=O)[O-])c(-c2ccccc2)c1[N+](=O)[O-]. The lowest BCUT2D eigenvalue weighted by Gasteiger charge is -2.17. The van der Waals surface area contributed by atoms with E-state index < -0.39 is 48.6 Å². The maximum Gasteiger partial charge on any atom is 0.316 e. The number of anilines is 1. The lowest BCUT2D eigenvalue weighted by Crippen LogP contribution is -2.30. The van der Waals surface area contributed by atoms with Crippen LogP contribution < -0.4 is 10.9 Å². The van der Waals surface area contributed by atoms with E-state index in [1.807, 2.05) is 0 Å². The van der Waals surface area contributed by atoms with Crippen molar-refractivity contribution in [3.05, 3.63) is 91.0 Å². The van der Waals surface area contributed by atoms with Crippen LogP contribution in [0.25, 0.3) is 22.3 Å². The molecule has 0 fully saturated rings. The molecule has 0 heterocycles. The second-order valence-corrected chi connectivity index (χ2v) is 6.16. The van der Waals surface area contributed by atoms with Gasteiger partial charge in [-0.2, -0.15) is 0 Å². The third-order valence-corrected chi connectivity index (χ3v) is 4.44. The van der Waals surface area contributed by atoms with Crippen molar-refractivity contribution in [2.24, 2.45) is 5.84 Å². The molecule has 0 spiro atoms. The van der Waals surface area contributed by atoms with E-state index in [4.69, 9.17) is 5.84 Å². The third kappa shape index (κ3) is 3.65. The Morgan fingerprint density at radius 3 is 1.32 bits per heavy atom. The zero-order valence-corrected chi connectivity index (χ0v) is 15.6. The highest BCUT2D eigenvalue weighted by Gasteiger charge is 2.44. The molecule has 12 nitrogen and oxygen atoms in total. The number of benzene rings is 3. The summed E-state index contributed by atoms with van der Waals surface area (Å²) < 4.78 is 0. The molecule has 12 heteroatoms. The van der Waals surface area contributed by atoms with Crippen molar-refractivity contribution in [2.75, 3.05) is 5.01 Å². The fourth-order valence-electron chi connectivity index (χ4n) is 3.29. The molecule has 0 aromatic heterocycles. The second kappa shape index (κ2) is 8.34. The maximum absolute atomic E-state index is 12.1. The van der Waals surface area contributed by atoms with Crippen LogP contribution in [0, 0.1) is 30.3 Å². The summed E-state index contributed by atoms with van der Waals surface area (Å²) in [7, 11) is 0. The molecular weight excluding hydrogens is 410 g/mol. The molecule has 0 bridgehead atoms. The van der Waals surface area contributed by atoms with Crippen LogP contribution in [-0.4, -0.2) is 21.2 Å². The number of hydrogen-bond donors (Lipinski definition) is 1. The lowest BCUT2D eigenvalue weighted by atomic mass is 9.91. The first kappa shape index (κ1) is 21.0. The maximum atomic E-state index is 12.1. The molecular formula is C19H13N5O7. The van der Waals surface area contributed by atoms with Crippen molar-refractivity contribution in [1.82, 2.24) is 0 Å². The number of amides is 1. The van der Waals surface area contributed by atoms with Crippen molar-refractivity contribution in [3.63, 3.8) is 0 Å². The Morgan fingerprint density at radius 1 is 0.677 bits per heavy atom. The molecule has 0 aliphatic heterocycles. The first-order chi connectivity index (χ1) is 14.8. The predicted octanol–water partition coefficient (Wildman–Crippen LogP) is 3.58. The fourth-order valence-corrected chi connectivity index (χ4v) is 3.29. The van der Waals surface area contributed by atoms with Crippen LogP contribution in [0.15, 0.2) is 60.7 Å². The second-order valence-electron chi connectivity index (χ2n) is 6.16. The molecule has 3 aromatic rings. The zero-order valence-electron chi connectivity index (χ0n) is 15.6. The van der Waals surface area contributed by atoms with Gasteiger partial charge in [-0.05, 0) is 11.1 Å². The Labute approximate surface area is 173 Å². The summed E-state index contributed by atoms with van der Waals surface area (Å²) in [5.74, 6) is 5.58. The van der Waals surface area contributed by atoms with Crippen LogP contribution in [0.2, 0.25) is 0 Å². The van der Waals surface area contributed by atoms with Gasteiger partial charge in [0.1, 0.15) is 11.1 Å². The minimum absolute atomic E-state index is 0.0496. The Kier molecular flexibility index (Phi) is 5.65. The molecule has 0 aliphatic rings. The van der Waals surface area contributed by atoms with Gasteiger partial charge in [-0.1, -0.05) is 60.7 Å². The molecule has 2 N–H and O–H groups in total. The van der Waals surface area contributed by atoms with Crippen molar-refractivity contribution in [3.8, 4) is 22.3 Å². The van der Waals surface area contributed by atoms with Crippen molar-refractivity contribution >= 4 is 29.2 Å². The number of nitrogens with zero attached hydrogens (tertiary/aromatic N) is 4. The van der Waals surface area contributed by atoms with Crippen molar-refractivity contribution in [2.45, 2.75) is 0 Å². The summed E-state index contributed by atoms with van der Waals surface area (Å²) in [6, 6.07) is 14.7. The van der Waals surface area contributed by atoms with Crippen LogP contribution >= 0.6 is 0 Å². The monoisotopic (exact) mass is 423 g/mol. The number of carbonyl (C=O) groups excluding carboxylic acids is 1. The van der Waals surface area contributed by atoms with Crippen LogP contribution in [0.1, 0.15) is 0 Å². The van der Waals surface area contributed by atoms with Gasteiger partial charge in [0.25, 0.3) is 5.69 Å². The Morgan fingerprint density at radius 2 is 1.03 bits per heavy atom. The molecule has 0 atom stereocenters. The summed E-state index contributed by atoms with van der Waals surface area (Å²) in [5.41, 5.74) is -4.69. The van der Waals surface area contributed by atoms with Gasteiger partial charge in [0, 0.05) is 0 Å². The summed E-state index contributed by atoms with van der Waals surface area (Å²) in [4.78, 5) is 44.5. The molecule has 156 valence electrons. The van der Waals surface area contributed by atoms with Gasteiger partial charge in [0.15, 0.2) is 0 Å². The zero-order chi connectivity index (χ0) is 22.7. The van der Waals surface area contributed by atoms with E-state index in [2.05, 4.69) is 0 Å². The molecule has 0 unspecified atom stereocenters. The minimum Gasteiger partial charge on any atom is -0.277 e. The number of nitro benzene ring substituents is 3. The van der Waals surface area contributed by atoms with Crippen molar-refractivity contribution in [1.29, 1.82) is 0 Å². The van der Waals surface area contributed by atoms with Gasteiger partial charge in [0.05, 0.1) is 14.8 Å². The Bertz CT molecular complexity index is 1120. The van der Waals surface area contributed by atoms with E-state index in [-0.39, 0.29) is 22.5 Å². The number of carbonyl (C=O) groups is 1. The van der Waals surface area contributed by atoms with E-state index in [0.717, 1.165) is 0 Å². The third-order valence-electron chi connectivity index (χ3n) is 4.44. The number of nitro groups is 3. The average Bonchev–Trinajstić information content (AvgIpc) is 2.77. The summed E-state index contributed by atoms with van der Waals surface area (Å²) in [6.45, 7) is 0. The fraction of sp³-hybridized carbons (Fsp3) is 0. The van der Waals surface area contributed by atoms with Crippen LogP contribution in [0.4, 0.5) is 22.7 Å². The molecule has 0 saturated carbocycles. The first-order valence-electron chi connectivity index (χ1n) is 8.56. The molecule has 1 amide bonds. The van der Waals surface area contributed by atoms with Gasteiger partial charge >= 0.3 is 11.4 Å². The topological polar surface area (TPSA) is 176 Å². The van der Waals surface area contributed by atoms with Crippen molar-refractivity contribution < 1.29 is 19.6 Å². The van der Waals surface area contributed by atoms with Gasteiger partial charge in [0.2, 0.25) is 12.1 Å². The highest BCUT2D eigenvalue weighted by atomic mass is 16.6. The Hall–Kier alpha value is -4.71. The van der Waals surface area contributed by atoms with Gasteiger partial charge in [-0.25, -0.2) is 10.9 Å². The van der Waals surface area contributed by atoms with Gasteiger partial charge in [-0.3, -0.25) is 35.1 Å². The van der Waals surface area contributed by atoms with Crippen LogP contribution in [0.3, 0.4) is 0 Å². The van der Waals surface area contributed by atoms with Gasteiger partial charge in [-0.15, -0.1) is 0 Å². The van der Waals surface area contributed by atoms with E-state index in [1.54, 1.807) is 12.1 Å². The van der Waals surface area contributed by atoms with Crippen LogP contribution in [0.5, 0.6) is 0 Å². The summed E-state index contributed by atoms with van der Waals surface area (Å²) in [5, 5.41) is 36.3.